The van der Waals surface area contributed by atoms with Crippen LogP contribution in [-0.2, 0) is 6.54 Å². The number of pyridine rings is 1. The molecule has 1 atom stereocenters. The van der Waals surface area contributed by atoms with Crippen LogP contribution in [0.15, 0.2) is 12.1 Å². The van der Waals surface area contributed by atoms with Crippen LogP contribution in [0.2, 0.25) is 10.2 Å². The number of hydrogen-bond donors (Lipinski definition) is 1. The molecule has 1 unspecified atom stereocenters. The number of nitrogens with zero attached hydrogens (tertiary/aromatic N) is 2. The summed E-state index contributed by atoms with van der Waals surface area (Å²) in [4.78, 5) is 6.41. The molecule has 1 aliphatic heterocycles. The van der Waals surface area contributed by atoms with Gasteiger partial charge in [-0.1, -0.05) is 23.2 Å². The van der Waals surface area contributed by atoms with Crippen molar-refractivity contribution in [1.82, 2.24) is 9.88 Å². The highest BCUT2D eigenvalue weighted by Crippen LogP contribution is 2.23. The fourth-order valence-corrected chi connectivity index (χ4v) is 2.40. The lowest BCUT2D eigenvalue weighted by Crippen LogP contribution is -2.32. The zero-order chi connectivity index (χ0) is 11.5. The summed E-state index contributed by atoms with van der Waals surface area (Å²) >= 11 is 11.9. The first-order valence-corrected chi connectivity index (χ1v) is 6.12. The second-order valence-electron chi connectivity index (χ2n) is 4.01. The molecule has 1 aromatic heterocycles. The quantitative estimate of drug-likeness (QED) is 0.848. The predicted octanol–water partition coefficient (Wildman–Crippen LogP) is 2.35. The average Bonchev–Trinajstić information content (AvgIpc) is 2.71. The van der Waals surface area contributed by atoms with E-state index in [1.165, 1.54) is 0 Å². The normalized spacial score (nSPS) is 21.6. The topological polar surface area (TPSA) is 36.4 Å². The molecule has 2 heterocycles. The maximum Gasteiger partial charge on any atom is 0.129 e. The van der Waals surface area contributed by atoms with Crippen molar-refractivity contribution in [2.75, 3.05) is 13.2 Å². The lowest BCUT2D eigenvalue weighted by molar-refractivity contribution is 0.152. The Labute approximate surface area is 105 Å². The van der Waals surface area contributed by atoms with E-state index in [2.05, 4.69) is 9.88 Å². The Morgan fingerprint density at radius 2 is 2.25 bits per heavy atom. The Bertz CT molecular complexity index is 373. The summed E-state index contributed by atoms with van der Waals surface area (Å²) in [5, 5.41) is 10.3. The molecular formula is C11H14Cl2N2O. The van der Waals surface area contributed by atoms with Gasteiger partial charge in [0.2, 0.25) is 0 Å². The van der Waals surface area contributed by atoms with Crippen LogP contribution in [-0.4, -0.2) is 34.2 Å². The Balaban J connectivity index is 2.11. The van der Waals surface area contributed by atoms with Gasteiger partial charge in [-0.2, -0.15) is 0 Å². The number of aliphatic hydroxyl groups is 1. The van der Waals surface area contributed by atoms with E-state index in [4.69, 9.17) is 23.2 Å². The molecule has 5 heteroatoms. The van der Waals surface area contributed by atoms with Crippen LogP contribution in [0.4, 0.5) is 0 Å². The minimum Gasteiger partial charge on any atom is -0.395 e. The predicted molar refractivity (Wildman–Crippen MR) is 64.8 cm³/mol. The molecule has 2 rings (SSSR count). The van der Waals surface area contributed by atoms with Crippen molar-refractivity contribution in [3.05, 3.63) is 28.0 Å². The van der Waals surface area contributed by atoms with E-state index in [0.717, 1.165) is 25.1 Å². The van der Waals surface area contributed by atoms with E-state index in [1.54, 1.807) is 12.1 Å². The summed E-state index contributed by atoms with van der Waals surface area (Å²) in [5.74, 6) is 0. The van der Waals surface area contributed by atoms with Crippen LogP contribution in [0.1, 0.15) is 18.5 Å². The summed E-state index contributed by atoms with van der Waals surface area (Å²) in [6.07, 6.45) is 2.15. The van der Waals surface area contributed by atoms with Crippen LogP contribution < -0.4 is 0 Å². The molecule has 1 aromatic rings. The molecule has 0 amide bonds. The lowest BCUT2D eigenvalue weighted by atomic mass is 10.2. The molecule has 1 fully saturated rings. The smallest absolute Gasteiger partial charge is 0.129 e. The number of rotatable bonds is 3. The molecule has 3 nitrogen and oxygen atoms in total. The first-order chi connectivity index (χ1) is 7.70. The maximum atomic E-state index is 9.22. The Morgan fingerprint density at radius 1 is 1.44 bits per heavy atom. The van der Waals surface area contributed by atoms with Gasteiger partial charge in [0.25, 0.3) is 0 Å². The molecule has 0 radical (unpaired) electrons. The van der Waals surface area contributed by atoms with Crippen LogP contribution in [0, 0.1) is 0 Å². The van der Waals surface area contributed by atoms with Crippen molar-refractivity contribution < 1.29 is 5.11 Å². The van der Waals surface area contributed by atoms with Crippen molar-refractivity contribution in [1.29, 1.82) is 0 Å². The van der Waals surface area contributed by atoms with Crippen molar-refractivity contribution in [2.24, 2.45) is 0 Å². The number of likely N-dealkylation sites (tertiary alicyclic amines) is 1. The lowest BCUT2D eigenvalue weighted by Gasteiger charge is -2.22. The molecule has 88 valence electrons. The van der Waals surface area contributed by atoms with Crippen molar-refractivity contribution in [3.63, 3.8) is 0 Å². The molecule has 1 N–H and O–H groups in total. The van der Waals surface area contributed by atoms with Gasteiger partial charge in [-0.25, -0.2) is 4.98 Å². The van der Waals surface area contributed by atoms with Crippen LogP contribution in [0.5, 0.6) is 0 Å². The Hall–Kier alpha value is -0.350. The van der Waals surface area contributed by atoms with Crippen molar-refractivity contribution in [2.45, 2.75) is 25.4 Å². The average molecular weight is 261 g/mol. The first-order valence-electron chi connectivity index (χ1n) is 5.36. The summed E-state index contributed by atoms with van der Waals surface area (Å²) in [7, 11) is 0. The van der Waals surface area contributed by atoms with Gasteiger partial charge in [-0.05, 0) is 31.5 Å². The standard InChI is InChI=1S/C11H14Cl2N2O/c12-9-3-4-11(13)14-10(9)6-15-5-1-2-8(15)7-16/h3-4,8,16H,1-2,5-7H2. The van der Waals surface area contributed by atoms with E-state index < -0.39 is 0 Å². The van der Waals surface area contributed by atoms with E-state index in [9.17, 15) is 5.11 Å². The van der Waals surface area contributed by atoms with Gasteiger partial charge in [0.1, 0.15) is 5.15 Å². The first kappa shape index (κ1) is 12.1. The van der Waals surface area contributed by atoms with E-state index >= 15 is 0 Å². The molecule has 0 saturated carbocycles. The minimum absolute atomic E-state index is 0.193. The monoisotopic (exact) mass is 260 g/mol. The molecule has 1 saturated heterocycles. The summed E-state index contributed by atoms with van der Waals surface area (Å²) in [6, 6.07) is 3.67. The molecule has 16 heavy (non-hydrogen) atoms. The molecule has 0 aliphatic carbocycles. The highest BCUT2D eigenvalue weighted by Gasteiger charge is 2.24. The van der Waals surface area contributed by atoms with Gasteiger partial charge in [0.05, 0.1) is 17.3 Å². The highest BCUT2D eigenvalue weighted by atomic mass is 35.5. The summed E-state index contributed by atoms with van der Waals surface area (Å²) in [5.41, 5.74) is 0.787. The zero-order valence-corrected chi connectivity index (χ0v) is 10.4. The van der Waals surface area contributed by atoms with Crippen LogP contribution in [0.3, 0.4) is 0 Å². The molecule has 0 aromatic carbocycles. The zero-order valence-electron chi connectivity index (χ0n) is 8.87. The second-order valence-corrected chi connectivity index (χ2v) is 4.81. The number of aliphatic hydroxyl groups excluding tert-OH is 1. The van der Waals surface area contributed by atoms with Crippen LogP contribution >= 0.6 is 23.2 Å². The fourth-order valence-electron chi connectivity index (χ4n) is 2.07. The van der Waals surface area contributed by atoms with E-state index in [1.807, 2.05) is 0 Å². The summed E-state index contributed by atoms with van der Waals surface area (Å²) in [6.45, 7) is 1.83. The second kappa shape index (κ2) is 5.32. The minimum atomic E-state index is 0.193. The van der Waals surface area contributed by atoms with E-state index in [0.29, 0.717) is 16.7 Å². The van der Waals surface area contributed by atoms with Gasteiger partial charge in [0, 0.05) is 12.6 Å². The van der Waals surface area contributed by atoms with Crippen molar-refractivity contribution in [3.8, 4) is 0 Å². The highest BCUT2D eigenvalue weighted by molar-refractivity contribution is 6.32. The van der Waals surface area contributed by atoms with Gasteiger partial charge >= 0.3 is 0 Å². The largest absolute Gasteiger partial charge is 0.395 e. The van der Waals surface area contributed by atoms with Crippen LogP contribution in [0.25, 0.3) is 0 Å². The molecule has 0 bridgehead atoms. The van der Waals surface area contributed by atoms with E-state index in [-0.39, 0.29) is 12.6 Å². The summed E-state index contributed by atoms with van der Waals surface area (Å²) < 4.78 is 0. The Morgan fingerprint density at radius 3 is 3.00 bits per heavy atom. The third-order valence-corrected chi connectivity index (χ3v) is 3.50. The molecule has 1 aliphatic rings. The van der Waals surface area contributed by atoms with Gasteiger partial charge < -0.3 is 5.11 Å². The van der Waals surface area contributed by atoms with Gasteiger partial charge in [0.15, 0.2) is 0 Å². The third-order valence-electron chi connectivity index (χ3n) is 2.95. The fraction of sp³-hybridized carbons (Fsp3) is 0.545. The molecular weight excluding hydrogens is 247 g/mol. The SMILES string of the molecule is OCC1CCCN1Cc1nc(Cl)ccc1Cl. The Kier molecular flexibility index (Phi) is 4.03. The maximum absolute atomic E-state index is 9.22. The van der Waals surface area contributed by atoms with Gasteiger partial charge in [-0.15, -0.1) is 0 Å². The third kappa shape index (κ3) is 2.66. The number of halogens is 2. The number of hydrogen-bond acceptors (Lipinski definition) is 3. The van der Waals surface area contributed by atoms with Crippen molar-refractivity contribution >= 4 is 23.2 Å². The van der Waals surface area contributed by atoms with Gasteiger partial charge in [-0.3, -0.25) is 4.90 Å². The molecule has 0 spiro atoms. The number of aromatic nitrogens is 1.